The lowest BCUT2D eigenvalue weighted by Crippen LogP contribution is -2.42. The molecule has 0 bridgehead atoms. The number of ether oxygens (including phenoxy) is 1. The second-order valence-corrected chi connectivity index (χ2v) is 7.87. The number of unbranched alkanes of at least 4 members (excludes halogenated alkanes) is 12. The van der Waals surface area contributed by atoms with Crippen molar-refractivity contribution in [3.8, 4) is 0 Å². The first-order valence-electron chi connectivity index (χ1n) is 11.8. The minimum absolute atomic E-state index is 0.0441. The lowest BCUT2D eigenvalue weighted by atomic mass is 10.0. The van der Waals surface area contributed by atoms with Gasteiger partial charge < -0.3 is 15.8 Å². The Morgan fingerprint density at radius 2 is 1.24 bits per heavy atom. The molecule has 0 saturated carbocycles. The zero-order valence-corrected chi connectivity index (χ0v) is 18.8. The van der Waals surface area contributed by atoms with Crippen molar-refractivity contribution in [3.05, 3.63) is 0 Å². The van der Waals surface area contributed by atoms with Crippen LogP contribution in [-0.4, -0.2) is 30.4 Å². The molecule has 0 spiro atoms. The number of hydrogen-bond donors (Lipinski definition) is 2. The summed E-state index contributed by atoms with van der Waals surface area (Å²) in [5.74, 6) is -1.17. The predicted molar refractivity (Wildman–Crippen MR) is 117 cm³/mol. The quantitative estimate of drug-likeness (QED) is 0.222. The highest BCUT2D eigenvalue weighted by Crippen LogP contribution is 2.13. The second-order valence-electron chi connectivity index (χ2n) is 7.87. The van der Waals surface area contributed by atoms with E-state index < -0.39 is 17.9 Å². The molecule has 3 N–H and O–H groups in total. The standard InChI is InChI=1S/C23H44N2O4/c1-3-5-6-7-8-9-10-11-12-13-14-15-16-17-22(27)25-20(18-19-21(24)26)23(28)29-4-2/h20H,3-19H2,1-2H3,(H2,24,26)(H,25,27)/t20-/m0/s1. The SMILES string of the molecule is CCCCCCCCCCCCCCCC(=O)N[C@@H](CCC(N)=O)C(=O)OCC. The third-order valence-corrected chi connectivity index (χ3v) is 5.09. The van der Waals surface area contributed by atoms with Crippen molar-refractivity contribution in [2.45, 2.75) is 123 Å². The van der Waals surface area contributed by atoms with Crippen molar-refractivity contribution in [1.29, 1.82) is 0 Å². The summed E-state index contributed by atoms with van der Waals surface area (Å²) in [4.78, 5) is 34.9. The molecule has 0 saturated heterocycles. The minimum Gasteiger partial charge on any atom is -0.464 e. The average Bonchev–Trinajstić information content (AvgIpc) is 2.68. The Balaban J connectivity index is 3.70. The predicted octanol–water partition coefficient (Wildman–Crippen LogP) is 4.78. The first-order valence-corrected chi connectivity index (χ1v) is 11.8. The van der Waals surface area contributed by atoms with Crippen molar-refractivity contribution in [2.24, 2.45) is 5.73 Å². The zero-order chi connectivity index (χ0) is 21.7. The Hall–Kier alpha value is -1.59. The summed E-state index contributed by atoms with van der Waals surface area (Å²) in [6.07, 6.45) is 16.9. The van der Waals surface area contributed by atoms with E-state index in [-0.39, 0.29) is 25.4 Å². The van der Waals surface area contributed by atoms with E-state index in [1.165, 1.54) is 64.2 Å². The molecule has 0 rings (SSSR count). The van der Waals surface area contributed by atoms with Gasteiger partial charge in [0.1, 0.15) is 6.04 Å². The van der Waals surface area contributed by atoms with Crippen molar-refractivity contribution in [2.75, 3.05) is 6.61 Å². The number of primary amides is 1. The largest absolute Gasteiger partial charge is 0.464 e. The molecule has 0 aromatic carbocycles. The summed E-state index contributed by atoms with van der Waals surface area (Å²) < 4.78 is 4.95. The summed E-state index contributed by atoms with van der Waals surface area (Å²) in [5, 5.41) is 2.68. The first-order chi connectivity index (χ1) is 14.0. The van der Waals surface area contributed by atoms with Gasteiger partial charge in [0.2, 0.25) is 11.8 Å². The van der Waals surface area contributed by atoms with E-state index in [0.29, 0.717) is 6.42 Å². The van der Waals surface area contributed by atoms with Gasteiger partial charge in [-0.1, -0.05) is 84.0 Å². The summed E-state index contributed by atoms with van der Waals surface area (Å²) in [5.41, 5.74) is 5.13. The van der Waals surface area contributed by atoms with Crippen molar-refractivity contribution < 1.29 is 19.1 Å². The van der Waals surface area contributed by atoms with Gasteiger partial charge in [-0.05, 0) is 19.8 Å². The van der Waals surface area contributed by atoms with Crippen LogP contribution in [0.15, 0.2) is 0 Å². The zero-order valence-electron chi connectivity index (χ0n) is 18.8. The van der Waals surface area contributed by atoms with Gasteiger partial charge in [-0.2, -0.15) is 0 Å². The summed E-state index contributed by atoms with van der Waals surface area (Å²) in [6, 6.07) is -0.795. The van der Waals surface area contributed by atoms with E-state index in [2.05, 4.69) is 12.2 Å². The minimum atomic E-state index is -0.795. The molecule has 0 aliphatic heterocycles. The fourth-order valence-corrected chi connectivity index (χ4v) is 3.35. The van der Waals surface area contributed by atoms with Crippen LogP contribution >= 0.6 is 0 Å². The van der Waals surface area contributed by atoms with E-state index in [4.69, 9.17) is 10.5 Å². The van der Waals surface area contributed by atoms with Crippen molar-refractivity contribution in [3.63, 3.8) is 0 Å². The van der Waals surface area contributed by atoms with E-state index in [1.54, 1.807) is 6.92 Å². The number of nitrogens with one attached hydrogen (secondary N) is 1. The molecule has 0 aromatic heterocycles. The molecule has 0 aromatic rings. The van der Waals surface area contributed by atoms with Gasteiger partial charge in [-0.15, -0.1) is 0 Å². The maximum atomic E-state index is 12.1. The number of esters is 1. The molecular weight excluding hydrogens is 368 g/mol. The second kappa shape index (κ2) is 19.7. The molecule has 0 aliphatic carbocycles. The fourth-order valence-electron chi connectivity index (χ4n) is 3.35. The summed E-state index contributed by atoms with van der Waals surface area (Å²) >= 11 is 0. The Bertz CT molecular complexity index is 441. The molecule has 0 aliphatic rings. The maximum Gasteiger partial charge on any atom is 0.328 e. The van der Waals surface area contributed by atoms with Crippen LogP contribution in [0.3, 0.4) is 0 Å². The number of nitrogens with two attached hydrogens (primary N) is 1. The molecule has 0 fully saturated rings. The molecule has 0 heterocycles. The van der Waals surface area contributed by atoms with Crippen LogP contribution in [0.25, 0.3) is 0 Å². The first kappa shape index (κ1) is 27.4. The van der Waals surface area contributed by atoms with Gasteiger partial charge in [0.05, 0.1) is 6.61 Å². The highest BCUT2D eigenvalue weighted by atomic mass is 16.5. The third-order valence-electron chi connectivity index (χ3n) is 5.09. The van der Waals surface area contributed by atoms with Crippen LogP contribution in [-0.2, 0) is 19.1 Å². The number of rotatable bonds is 20. The molecule has 1 atom stereocenters. The Kier molecular flexibility index (Phi) is 18.6. The Morgan fingerprint density at radius 1 is 0.759 bits per heavy atom. The number of carbonyl (C=O) groups excluding carboxylic acids is 3. The molecule has 6 heteroatoms. The smallest absolute Gasteiger partial charge is 0.328 e. The third kappa shape index (κ3) is 18.2. The maximum absolute atomic E-state index is 12.1. The molecular formula is C23H44N2O4. The van der Waals surface area contributed by atoms with E-state index in [9.17, 15) is 14.4 Å². The van der Waals surface area contributed by atoms with Gasteiger partial charge in [0.15, 0.2) is 0 Å². The van der Waals surface area contributed by atoms with E-state index >= 15 is 0 Å². The van der Waals surface area contributed by atoms with Gasteiger partial charge >= 0.3 is 5.97 Å². The molecule has 6 nitrogen and oxygen atoms in total. The van der Waals surface area contributed by atoms with Crippen LogP contribution in [0.5, 0.6) is 0 Å². The van der Waals surface area contributed by atoms with Gasteiger partial charge in [-0.25, -0.2) is 4.79 Å². The Labute approximate surface area is 177 Å². The molecule has 29 heavy (non-hydrogen) atoms. The molecule has 2 amide bonds. The summed E-state index contributed by atoms with van der Waals surface area (Å²) in [6.45, 7) is 4.19. The summed E-state index contributed by atoms with van der Waals surface area (Å²) in [7, 11) is 0. The van der Waals surface area contributed by atoms with E-state index in [0.717, 1.165) is 19.3 Å². The van der Waals surface area contributed by atoms with Crippen LogP contribution in [0.4, 0.5) is 0 Å². The molecule has 0 radical (unpaired) electrons. The highest BCUT2D eigenvalue weighted by molar-refractivity contribution is 5.85. The van der Waals surface area contributed by atoms with Gasteiger partial charge in [-0.3, -0.25) is 9.59 Å². The van der Waals surface area contributed by atoms with Crippen molar-refractivity contribution in [1.82, 2.24) is 5.32 Å². The fraction of sp³-hybridized carbons (Fsp3) is 0.870. The average molecular weight is 413 g/mol. The van der Waals surface area contributed by atoms with Crippen molar-refractivity contribution >= 4 is 17.8 Å². The highest BCUT2D eigenvalue weighted by Gasteiger charge is 2.22. The number of amides is 2. The monoisotopic (exact) mass is 412 g/mol. The van der Waals surface area contributed by atoms with Crippen LogP contribution in [0, 0.1) is 0 Å². The van der Waals surface area contributed by atoms with Crippen LogP contribution in [0.2, 0.25) is 0 Å². The lowest BCUT2D eigenvalue weighted by Gasteiger charge is -2.16. The number of carbonyl (C=O) groups is 3. The molecule has 0 unspecified atom stereocenters. The molecule has 170 valence electrons. The normalized spacial score (nSPS) is 11.8. The lowest BCUT2D eigenvalue weighted by molar-refractivity contribution is -0.147. The van der Waals surface area contributed by atoms with Gasteiger partial charge in [0.25, 0.3) is 0 Å². The number of hydrogen-bond acceptors (Lipinski definition) is 4. The van der Waals surface area contributed by atoms with Gasteiger partial charge in [0, 0.05) is 12.8 Å². The van der Waals surface area contributed by atoms with Crippen LogP contribution < -0.4 is 11.1 Å². The Morgan fingerprint density at radius 3 is 1.69 bits per heavy atom. The van der Waals surface area contributed by atoms with E-state index in [1.807, 2.05) is 0 Å². The van der Waals surface area contributed by atoms with Crippen LogP contribution in [0.1, 0.15) is 117 Å². The topological polar surface area (TPSA) is 98.5 Å².